The van der Waals surface area contributed by atoms with Gasteiger partial charge >= 0.3 is 0 Å². The van der Waals surface area contributed by atoms with Crippen molar-refractivity contribution in [3.8, 4) is 5.75 Å². The van der Waals surface area contributed by atoms with Crippen molar-refractivity contribution in [3.05, 3.63) is 65.0 Å². The van der Waals surface area contributed by atoms with Gasteiger partial charge in [0.15, 0.2) is 0 Å². The van der Waals surface area contributed by atoms with Gasteiger partial charge < -0.3 is 31.3 Å². The molecule has 1 saturated heterocycles. The highest BCUT2D eigenvalue weighted by Crippen LogP contribution is 2.31. The zero-order valence-electron chi connectivity index (χ0n) is 26.4. The van der Waals surface area contributed by atoms with E-state index in [-0.39, 0.29) is 49.3 Å². The fourth-order valence-corrected chi connectivity index (χ4v) is 5.31. The summed E-state index contributed by atoms with van der Waals surface area (Å²) in [4.78, 5) is 56.1. The molecule has 1 aliphatic heterocycles. The Morgan fingerprint density at radius 1 is 1.09 bits per heavy atom. The largest absolute Gasteiger partial charge is 0.508 e. The second-order valence-corrected chi connectivity index (χ2v) is 12.6. The lowest BCUT2D eigenvalue weighted by atomic mass is 9.84. The molecule has 2 aromatic rings. The number of amides is 4. The first-order chi connectivity index (χ1) is 20.7. The molecule has 0 saturated carbocycles. The average molecular weight is 612 g/mol. The van der Waals surface area contributed by atoms with Crippen LogP contribution in [0, 0.1) is 5.82 Å². The third-order valence-corrected chi connectivity index (χ3v) is 8.01. The maximum absolute atomic E-state index is 13.8. The van der Waals surface area contributed by atoms with Crippen LogP contribution in [0.3, 0.4) is 0 Å². The van der Waals surface area contributed by atoms with Gasteiger partial charge in [0.1, 0.15) is 23.7 Å². The Kier molecular flexibility index (Phi) is 11.9. The molecule has 0 aromatic heterocycles. The predicted octanol–water partition coefficient (Wildman–Crippen LogP) is 2.40. The number of benzene rings is 2. The van der Waals surface area contributed by atoms with Crippen molar-refractivity contribution >= 4 is 23.6 Å². The summed E-state index contributed by atoms with van der Waals surface area (Å²) in [7, 11) is 3.19. The van der Waals surface area contributed by atoms with Gasteiger partial charge in [-0.1, -0.05) is 45.0 Å². The number of halogens is 1. The van der Waals surface area contributed by atoms with E-state index >= 15 is 0 Å². The normalized spacial score (nSPS) is 19.9. The van der Waals surface area contributed by atoms with Gasteiger partial charge in [-0.3, -0.25) is 19.2 Å². The van der Waals surface area contributed by atoms with Crippen molar-refractivity contribution in [1.29, 1.82) is 0 Å². The second kappa shape index (κ2) is 15.1. The Labute approximate surface area is 259 Å². The standard InChI is InChI=1S/C33H46FN5O5/c1-33(2,3)24-18-22(12-15-28(24)40)20-26-30(42)36-16-6-9-29(41)38(4)17-7-8-27(31(43)37-26)39(5)32(44)25(35)19-21-10-13-23(34)14-11-21/h10-15,18,25-27,40H,6-9,16-17,19-20,35H2,1-5H3,(H,36,42)(H,37,43)/t25-,26-,27-/m0/s1. The highest BCUT2D eigenvalue weighted by molar-refractivity contribution is 5.93. The molecule has 0 bridgehead atoms. The quantitative estimate of drug-likeness (QED) is 0.395. The lowest BCUT2D eigenvalue weighted by Crippen LogP contribution is -2.57. The number of nitrogens with one attached hydrogen (secondary N) is 2. The lowest BCUT2D eigenvalue weighted by molar-refractivity contribution is -0.141. The van der Waals surface area contributed by atoms with E-state index in [1.807, 2.05) is 26.8 Å². The molecule has 1 heterocycles. The van der Waals surface area contributed by atoms with Gasteiger partial charge in [-0.05, 0) is 66.0 Å². The molecule has 4 amide bonds. The van der Waals surface area contributed by atoms with Crippen LogP contribution in [0.15, 0.2) is 42.5 Å². The number of hydrogen-bond acceptors (Lipinski definition) is 6. The fraction of sp³-hybridized carbons (Fsp3) is 0.515. The summed E-state index contributed by atoms with van der Waals surface area (Å²) >= 11 is 0. The van der Waals surface area contributed by atoms with Crippen molar-refractivity contribution in [2.75, 3.05) is 27.2 Å². The fourth-order valence-electron chi connectivity index (χ4n) is 5.31. The lowest BCUT2D eigenvalue weighted by Gasteiger charge is -2.32. The van der Waals surface area contributed by atoms with Crippen molar-refractivity contribution in [1.82, 2.24) is 20.4 Å². The SMILES string of the molecule is CN1CCC[C@H](N(C)C(=O)[C@@H](N)Cc2ccc(F)cc2)C(=O)N[C@@H](Cc2ccc(O)c(C(C)(C)C)c2)C(=O)NCCCC1=O. The molecule has 11 heteroatoms. The number of nitrogens with two attached hydrogens (primary N) is 1. The molecule has 3 rings (SSSR count). The third kappa shape index (κ3) is 9.51. The first-order valence-electron chi connectivity index (χ1n) is 15.1. The Morgan fingerprint density at radius 2 is 1.75 bits per heavy atom. The Balaban J connectivity index is 1.88. The molecular weight excluding hydrogens is 565 g/mol. The summed E-state index contributed by atoms with van der Waals surface area (Å²) < 4.78 is 13.4. The van der Waals surface area contributed by atoms with E-state index in [0.717, 1.165) is 5.56 Å². The van der Waals surface area contributed by atoms with Crippen LogP contribution in [0.2, 0.25) is 0 Å². The van der Waals surface area contributed by atoms with Gasteiger partial charge in [-0.2, -0.15) is 0 Å². The van der Waals surface area contributed by atoms with E-state index in [1.54, 1.807) is 36.2 Å². The van der Waals surface area contributed by atoms with Crippen LogP contribution in [0.1, 0.15) is 63.1 Å². The maximum atomic E-state index is 13.8. The van der Waals surface area contributed by atoms with Gasteiger partial charge in [-0.15, -0.1) is 0 Å². The van der Waals surface area contributed by atoms with E-state index in [4.69, 9.17) is 5.73 Å². The molecule has 240 valence electrons. The first-order valence-corrected chi connectivity index (χ1v) is 15.1. The Bertz CT molecular complexity index is 1330. The molecule has 0 unspecified atom stereocenters. The molecule has 1 fully saturated rings. The zero-order chi connectivity index (χ0) is 32.6. The average Bonchev–Trinajstić information content (AvgIpc) is 2.97. The minimum absolute atomic E-state index is 0.0709. The summed E-state index contributed by atoms with van der Waals surface area (Å²) in [5, 5.41) is 16.1. The summed E-state index contributed by atoms with van der Waals surface area (Å²) in [5.41, 5.74) is 8.03. The van der Waals surface area contributed by atoms with Gasteiger partial charge in [0.05, 0.1) is 6.04 Å². The number of phenols is 1. The number of hydrogen-bond donors (Lipinski definition) is 4. The molecule has 5 N–H and O–H groups in total. The smallest absolute Gasteiger partial charge is 0.243 e. The van der Waals surface area contributed by atoms with Crippen molar-refractivity contribution < 1.29 is 28.7 Å². The number of phenolic OH excluding ortho intramolecular Hbond substituents is 1. The highest BCUT2D eigenvalue weighted by Gasteiger charge is 2.33. The monoisotopic (exact) mass is 611 g/mol. The highest BCUT2D eigenvalue weighted by atomic mass is 19.1. The molecule has 0 radical (unpaired) electrons. The van der Waals surface area contributed by atoms with Gasteiger partial charge in [0, 0.05) is 40.0 Å². The summed E-state index contributed by atoms with van der Waals surface area (Å²) in [6.07, 6.45) is 1.69. The van der Waals surface area contributed by atoms with E-state index in [0.29, 0.717) is 30.5 Å². The van der Waals surface area contributed by atoms with Crippen LogP contribution >= 0.6 is 0 Å². The van der Waals surface area contributed by atoms with Crippen molar-refractivity contribution in [2.45, 2.75) is 82.8 Å². The third-order valence-electron chi connectivity index (χ3n) is 8.01. The zero-order valence-corrected chi connectivity index (χ0v) is 26.4. The van der Waals surface area contributed by atoms with Crippen LogP contribution in [-0.4, -0.2) is 83.8 Å². The van der Waals surface area contributed by atoms with Gasteiger partial charge in [0.25, 0.3) is 0 Å². The molecule has 0 aliphatic carbocycles. The van der Waals surface area contributed by atoms with Crippen LogP contribution in [0.5, 0.6) is 5.75 Å². The van der Waals surface area contributed by atoms with Gasteiger partial charge in [-0.25, -0.2) is 4.39 Å². The number of likely N-dealkylation sites (N-methyl/N-ethyl adjacent to an activating group) is 1. The molecule has 1 aliphatic rings. The molecule has 3 atom stereocenters. The minimum Gasteiger partial charge on any atom is -0.508 e. The van der Waals surface area contributed by atoms with E-state index in [9.17, 15) is 28.7 Å². The molecule has 2 aromatic carbocycles. The molecule has 44 heavy (non-hydrogen) atoms. The Morgan fingerprint density at radius 3 is 2.41 bits per heavy atom. The number of aromatic hydroxyl groups is 1. The molecular formula is C33H46FN5O5. The second-order valence-electron chi connectivity index (χ2n) is 12.6. The summed E-state index contributed by atoms with van der Waals surface area (Å²) in [5.74, 6) is -1.73. The van der Waals surface area contributed by atoms with Crippen LogP contribution in [0.4, 0.5) is 4.39 Å². The predicted molar refractivity (Wildman–Crippen MR) is 166 cm³/mol. The number of rotatable bonds is 6. The van der Waals surface area contributed by atoms with Crippen molar-refractivity contribution in [3.63, 3.8) is 0 Å². The van der Waals surface area contributed by atoms with Crippen molar-refractivity contribution in [2.24, 2.45) is 5.73 Å². The summed E-state index contributed by atoms with van der Waals surface area (Å²) in [6.45, 7) is 6.56. The van der Waals surface area contributed by atoms with Gasteiger partial charge in [0.2, 0.25) is 23.6 Å². The van der Waals surface area contributed by atoms with E-state index in [2.05, 4.69) is 10.6 Å². The van der Waals surface area contributed by atoms with Crippen LogP contribution in [-0.2, 0) is 37.4 Å². The minimum atomic E-state index is -0.984. The van der Waals surface area contributed by atoms with Crippen LogP contribution < -0.4 is 16.4 Å². The topological polar surface area (TPSA) is 145 Å². The maximum Gasteiger partial charge on any atom is 0.243 e. The first kappa shape index (κ1) is 34.5. The Hall–Kier alpha value is -3.99. The van der Waals surface area contributed by atoms with E-state index < -0.39 is 41.7 Å². The molecule has 0 spiro atoms. The number of carbonyl (C=O) groups is 4. The summed E-state index contributed by atoms with van der Waals surface area (Å²) in [6, 6.07) is 7.91. The number of nitrogens with zero attached hydrogens (tertiary/aromatic N) is 2. The van der Waals surface area contributed by atoms with Crippen LogP contribution in [0.25, 0.3) is 0 Å². The van der Waals surface area contributed by atoms with E-state index in [1.165, 1.54) is 24.1 Å². The molecule has 10 nitrogen and oxygen atoms in total. The number of carbonyl (C=O) groups excluding carboxylic acids is 4.